The number of phenols is 1. The minimum Gasteiger partial charge on any atom is -0.508 e. The topological polar surface area (TPSA) is 57.5 Å². The van der Waals surface area contributed by atoms with E-state index in [1.165, 1.54) is 6.92 Å². The zero-order valence-corrected chi connectivity index (χ0v) is 10.9. The van der Waals surface area contributed by atoms with Gasteiger partial charge in [0.2, 0.25) is 0 Å². The van der Waals surface area contributed by atoms with Crippen LogP contribution in [0.4, 0.5) is 0 Å². The monoisotopic (exact) mass is 258 g/mol. The number of aliphatic carboxylic acids is 1. The molecule has 100 valence electrons. The largest absolute Gasteiger partial charge is 0.508 e. The predicted molar refractivity (Wildman–Crippen MR) is 77.0 cm³/mol. The Morgan fingerprint density at radius 1 is 0.895 bits per heavy atom. The summed E-state index contributed by atoms with van der Waals surface area (Å²) < 4.78 is 0. The van der Waals surface area contributed by atoms with E-state index in [1.807, 2.05) is 42.5 Å². The van der Waals surface area contributed by atoms with Gasteiger partial charge in [-0.15, -0.1) is 0 Å². The van der Waals surface area contributed by atoms with Crippen LogP contribution in [0.1, 0.15) is 6.92 Å². The number of phenolic OH excluding ortho intramolecular Hbond substituents is 1. The smallest absolute Gasteiger partial charge is 0.330 e. The molecule has 3 nitrogen and oxygen atoms in total. The van der Waals surface area contributed by atoms with Crippen LogP contribution < -0.4 is 0 Å². The number of rotatable bonds is 1. The Balaban J connectivity index is 0.000000257. The van der Waals surface area contributed by atoms with Gasteiger partial charge in [0, 0.05) is 5.57 Å². The van der Waals surface area contributed by atoms with Crippen molar-refractivity contribution in [2.75, 3.05) is 0 Å². The van der Waals surface area contributed by atoms with Crippen molar-refractivity contribution in [3.05, 3.63) is 78.9 Å². The first-order chi connectivity index (χ1) is 9.04. The van der Waals surface area contributed by atoms with Gasteiger partial charge in [-0.3, -0.25) is 0 Å². The molecular weight excluding hydrogens is 240 g/mol. The molecule has 0 aliphatic heterocycles. The zero-order chi connectivity index (χ0) is 14.5. The number of benzene rings is 2. The first-order valence-electron chi connectivity index (χ1n) is 5.67. The van der Waals surface area contributed by atoms with Crippen LogP contribution >= 0.6 is 0 Å². The summed E-state index contributed by atoms with van der Waals surface area (Å²) in [4.78, 5) is 9.60. The summed E-state index contributed by atoms with van der Waals surface area (Å²) in [6.45, 7) is 4.60. The SMILES string of the molecule is C=C(C)C(=O)O.Oc1ccccc1.c1ccccc1. The second kappa shape index (κ2) is 10.6. The first kappa shape index (κ1) is 16.5. The zero-order valence-electron chi connectivity index (χ0n) is 10.9. The molecule has 0 aromatic heterocycles. The lowest BCUT2D eigenvalue weighted by atomic mass is 10.3. The lowest BCUT2D eigenvalue weighted by Crippen LogP contribution is -1.92. The average Bonchev–Trinajstić information content (AvgIpc) is 2.43. The Morgan fingerprint density at radius 2 is 1.16 bits per heavy atom. The van der Waals surface area contributed by atoms with Crippen LogP contribution in [0.3, 0.4) is 0 Å². The highest BCUT2D eigenvalue weighted by Crippen LogP contribution is 2.02. The van der Waals surface area contributed by atoms with Crippen molar-refractivity contribution in [3.8, 4) is 5.75 Å². The van der Waals surface area contributed by atoms with E-state index in [1.54, 1.807) is 24.3 Å². The molecule has 0 saturated carbocycles. The molecule has 0 fully saturated rings. The van der Waals surface area contributed by atoms with Gasteiger partial charge in [0.1, 0.15) is 5.75 Å². The summed E-state index contributed by atoms with van der Waals surface area (Å²) in [6, 6.07) is 20.7. The summed E-state index contributed by atoms with van der Waals surface area (Å²) in [5, 5.41) is 16.5. The van der Waals surface area contributed by atoms with Gasteiger partial charge in [-0.1, -0.05) is 61.2 Å². The second-order valence-corrected chi connectivity index (χ2v) is 3.58. The molecule has 0 heterocycles. The van der Waals surface area contributed by atoms with Gasteiger partial charge < -0.3 is 10.2 Å². The van der Waals surface area contributed by atoms with Gasteiger partial charge >= 0.3 is 5.97 Å². The second-order valence-electron chi connectivity index (χ2n) is 3.58. The first-order valence-corrected chi connectivity index (χ1v) is 5.67. The summed E-state index contributed by atoms with van der Waals surface area (Å²) in [6.07, 6.45) is 0. The van der Waals surface area contributed by atoms with Crippen molar-refractivity contribution in [1.29, 1.82) is 0 Å². The van der Waals surface area contributed by atoms with Gasteiger partial charge in [0.25, 0.3) is 0 Å². The number of hydrogen-bond donors (Lipinski definition) is 2. The molecule has 0 radical (unpaired) electrons. The van der Waals surface area contributed by atoms with E-state index in [0.717, 1.165) is 0 Å². The quantitative estimate of drug-likeness (QED) is 0.766. The molecule has 0 spiro atoms. The Hall–Kier alpha value is -2.55. The molecule has 2 aromatic rings. The number of carboxylic acid groups (broad SMARTS) is 1. The van der Waals surface area contributed by atoms with Crippen LogP contribution in [0.25, 0.3) is 0 Å². The maximum absolute atomic E-state index is 9.60. The predicted octanol–water partition coefficient (Wildman–Crippen LogP) is 3.73. The molecule has 0 aliphatic carbocycles. The fourth-order valence-corrected chi connectivity index (χ4v) is 0.813. The van der Waals surface area contributed by atoms with Gasteiger partial charge in [-0.05, 0) is 19.1 Å². The Labute approximate surface area is 113 Å². The number of carbonyl (C=O) groups is 1. The summed E-state index contributed by atoms with van der Waals surface area (Å²) in [7, 11) is 0. The summed E-state index contributed by atoms with van der Waals surface area (Å²) in [5.41, 5.74) is 0.176. The van der Waals surface area contributed by atoms with Crippen molar-refractivity contribution in [2.24, 2.45) is 0 Å². The molecule has 0 amide bonds. The van der Waals surface area contributed by atoms with Crippen LogP contribution in [0.15, 0.2) is 78.9 Å². The van der Waals surface area contributed by atoms with Gasteiger partial charge in [0.05, 0.1) is 0 Å². The minimum absolute atomic E-state index is 0.176. The molecule has 0 atom stereocenters. The van der Waals surface area contributed by atoms with E-state index < -0.39 is 5.97 Å². The van der Waals surface area contributed by atoms with Gasteiger partial charge in [0.15, 0.2) is 0 Å². The van der Waals surface area contributed by atoms with Crippen LogP contribution in [0.5, 0.6) is 5.75 Å². The fourth-order valence-electron chi connectivity index (χ4n) is 0.813. The van der Waals surface area contributed by atoms with Gasteiger partial charge in [-0.2, -0.15) is 0 Å². The lowest BCUT2D eigenvalue weighted by Gasteiger charge is -1.82. The molecule has 0 saturated heterocycles. The maximum Gasteiger partial charge on any atom is 0.330 e. The van der Waals surface area contributed by atoms with Crippen LogP contribution in [-0.2, 0) is 4.79 Å². The Bertz CT molecular complexity index is 425. The number of para-hydroxylation sites is 1. The van der Waals surface area contributed by atoms with E-state index in [0.29, 0.717) is 5.75 Å². The molecule has 0 unspecified atom stereocenters. The fraction of sp³-hybridized carbons (Fsp3) is 0.0625. The minimum atomic E-state index is -0.935. The van der Waals surface area contributed by atoms with Crippen molar-refractivity contribution in [1.82, 2.24) is 0 Å². The molecule has 3 heteroatoms. The number of aromatic hydroxyl groups is 1. The maximum atomic E-state index is 9.60. The van der Waals surface area contributed by atoms with E-state index in [9.17, 15) is 4.79 Å². The van der Waals surface area contributed by atoms with Crippen molar-refractivity contribution < 1.29 is 15.0 Å². The number of carboxylic acids is 1. The van der Waals surface area contributed by atoms with Crippen molar-refractivity contribution >= 4 is 5.97 Å². The van der Waals surface area contributed by atoms with E-state index in [-0.39, 0.29) is 5.57 Å². The molecule has 2 rings (SSSR count). The van der Waals surface area contributed by atoms with Crippen LogP contribution in [0.2, 0.25) is 0 Å². The normalized spacial score (nSPS) is 8.05. The standard InChI is InChI=1S/C6H6O.C6H6.C4H6O2/c7-6-4-2-1-3-5-6;1-2-4-6-5-3-1;1-3(2)4(5)6/h1-5,7H;1-6H;1H2,2H3,(H,5,6). The van der Waals surface area contributed by atoms with E-state index >= 15 is 0 Å². The van der Waals surface area contributed by atoms with Crippen molar-refractivity contribution in [2.45, 2.75) is 6.92 Å². The van der Waals surface area contributed by atoms with Crippen LogP contribution in [0, 0.1) is 0 Å². The number of hydrogen-bond acceptors (Lipinski definition) is 2. The third-order valence-electron chi connectivity index (χ3n) is 1.79. The molecule has 0 bridgehead atoms. The highest BCUT2D eigenvalue weighted by atomic mass is 16.4. The van der Waals surface area contributed by atoms with E-state index in [2.05, 4.69) is 6.58 Å². The van der Waals surface area contributed by atoms with Gasteiger partial charge in [-0.25, -0.2) is 4.79 Å². The third-order valence-corrected chi connectivity index (χ3v) is 1.79. The highest BCUT2D eigenvalue weighted by Gasteiger charge is 1.90. The van der Waals surface area contributed by atoms with Crippen molar-refractivity contribution in [3.63, 3.8) is 0 Å². The highest BCUT2D eigenvalue weighted by molar-refractivity contribution is 5.84. The lowest BCUT2D eigenvalue weighted by molar-refractivity contribution is -0.132. The molecule has 2 aromatic carbocycles. The third kappa shape index (κ3) is 11.7. The summed E-state index contributed by atoms with van der Waals surface area (Å²) in [5.74, 6) is -0.613. The summed E-state index contributed by atoms with van der Waals surface area (Å²) >= 11 is 0. The van der Waals surface area contributed by atoms with E-state index in [4.69, 9.17) is 10.2 Å². The van der Waals surface area contributed by atoms with Crippen LogP contribution in [-0.4, -0.2) is 16.2 Å². The molecule has 2 N–H and O–H groups in total. The molecule has 19 heavy (non-hydrogen) atoms. The Morgan fingerprint density at radius 3 is 1.32 bits per heavy atom. The average molecular weight is 258 g/mol. The molecular formula is C16H18O3. The molecule has 0 aliphatic rings. The Kier molecular flexibility index (Phi) is 9.17.